The highest BCUT2D eigenvalue weighted by Gasteiger charge is 2.30. The van der Waals surface area contributed by atoms with Crippen molar-refractivity contribution < 1.29 is 19.1 Å². The van der Waals surface area contributed by atoms with Crippen molar-refractivity contribution in [2.75, 3.05) is 32.8 Å². The van der Waals surface area contributed by atoms with E-state index in [0.29, 0.717) is 51.0 Å². The highest BCUT2D eigenvalue weighted by Crippen LogP contribution is 2.28. The first kappa shape index (κ1) is 33.1. The molecule has 0 aliphatic carbocycles. The molecular formula is C33H49N3O4S. The van der Waals surface area contributed by atoms with Gasteiger partial charge in [-0.2, -0.15) is 0 Å². The zero-order valence-corrected chi connectivity index (χ0v) is 26.3. The quantitative estimate of drug-likeness (QED) is 0.219. The van der Waals surface area contributed by atoms with Gasteiger partial charge in [-0.25, -0.2) is 4.98 Å². The minimum Gasteiger partial charge on any atom is -0.381 e. The Hall–Kier alpha value is -2.42. The summed E-state index contributed by atoms with van der Waals surface area (Å²) < 4.78 is 6.70. The van der Waals surface area contributed by atoms with Crippen LogP contribution >= 0.6 is 11.3 Å². The van der Waals surface area contributed by atoms with E-state index in [0.717, 1.165) is 54.0 Å². The first-order valence-electron chi connectivity index (χ1n) is 15.5. The van der Waals surface area contributed by atoms with Crippen LogP contribution in [0.5, 0.6) is 0 Å². The Labute approximate surface area is 250 Å². The fourth-order valence-electron chi connectivity index (χ4n) is 5.56. The lowest BCUT2D eigenvalue weighted by Gasteiger charge is -2.32. The molecule has 0 spiro atoms. The third-order valence-electron chi connectivity index (χ3n) is 8.25. The van der Waals surface area contributed by atoms with Gasteiger partial charge in [0.1, 0.15) is 5.78 Å². The third-order valence-corrected chi connectivity index (χ3v) is 9.29. The summed E-state index contributed by atoms with van der Waals surface area (Å²) in [4.78, 5) is 46.6. The van der Waals surface area contributed by atoms with Crippen LogP contribution in [0.4, 0.5) is 0 Å². The summed E-state index contributed by atoms with van der Waals surface area (Å²) in [5.41, 5.74) is 2.81. The Morgan fingerprint density at radius 1 is 1.12 bits per heavy atom. The molecule has 0 radical (unpaired) electrons. The van der Waals surface area contributed by atoms with Crippen molar-refractivity contribution in [2.45, 2.75) is 91.5 Å². The molecule has 1 saturated heterocycles. The normalized spacial score (nSPS) is 15.6. The number of ketones is 2. The number of fused-ring (bicyclic) bond motifs is 1. The molecule has 1 fully saturated rings. The summed E-state index contributed by atoms with van der Waals surface area (Å²) in [7, 11) is 0. The number of carbonyl (C=O) groups excluding carboxylic acids is 3. The number of Topliss-reactive ketones (excluding diaryl/α,β-unsaturated/α-hetero) is 2. The number of likely N-dealkylation sites (N-methyl/N-ethyl adjacent to an activating group) is 1. The first-order chi connectivity index (χ1) is 19.8. The van der Waals surface area contributed by atoms with Crippen LogP contribution in [0.15, 0.2) is 30.4 Å². The number of nitrogens with one attached hydrogen (secondary N) is 1. The van der Waals surface area contributed by atoms with Crippen molar-refractivity contribution in [2.24, 2.45) is 11.8 Å². The summed E-state index contributed by atoms with van der Waals surface area (Å²) in [6, 6.07) is 6.15. The van der Waals surface area contributed by atoms with Crippen molar-refractivity contribution in [1.82, 2.24) is 15.2 Å². The zero-order valence-electron chi connectivity index (χ0n) is 25.5. The maximum absolute atomic E-state index is 13.8. The molecule has 41 heavy (non-hydrogen) atoms. The Morgan fingerprint density at radius 3 is 2.51 bits per heavy atom. The van der Waals surface area contributed by atoms with E-state index in [1.807, 2.05) is 13.0 Å². The molecule has 7 nitrogen and oxygen atoms in total. The van der Waals surface area contributed by atoms with E-state index in [-0.39, 0.29) is 35.9 Å². The first-order valence-corrected chi connectivity index (χ1v) is 16.3. The molecule has 3 rings (SSSR count). The SMILES string of the molecule is C=C(CN(CC)CC)C(=O)CC[C@@H](NC(=O)[C@@H](CC(=O)CCC)Cc1nc2ccc(CC)cc2s1)C1CCOCC1. The number of benzene rings is 1. The minimum absolute atomic E-state index is 0.0545. The monoisotopic (exact) mass is 583 g/mol. The van der Waals surface area contributed by atoms with Crippen molar-refractivity contribution in [3.8, 4) is 0 Å². The predicted molar refractivity (Wildman–Crippen MR) is 167 cm³/mol. The van der Waals surface area contributed by atoms with E-state index < -0.39 is 5.92 Å². The lowest BCUT2D eigenvalue weighted by molar-refractivity contribution is -0.130. The van der Waals surface area contributed by atoms with Crippen LogP contribution in [0.1, 0.15) is 83.2 Å². The summed E-state index contributed by atoms with van der Waals surface area (Å²) >= 11 is 1.61. The average Bonchev–Trinajstić information content (AvgIpc) is 3.39. The molecule has 2 aromatic rings. The Balaban J connectivity index is 1.74. The second kappa shape index (κ2) is 16.9. The molecule has 0 saturated carbocycles. The molecule has 1 aliphatic rings. The molecule has 1 aromatic carbocycles. The molecule has 1 aliphatic heterocycles. The lowest BCUT2D eigenvalue weighted by atomic mass is 9.86. The standard InChI is InChI=1S/C33H49N3O4S/c1-6-10-27(37)20-26(21-32-34-29-12-11-24(7-2)19-31(29)41-32)33(39)35-28(25-15-17-40-18-16-25)13-14-30(38)23(5)22-36(8-3)9-4/h11-12,19,25-26,28H,5-10,13-18,20-22H2,1-4H3,(H,35,39)/t26-,28+/m0/s1. The van der Waals surface area contributed by atoms with E-state index >= 15 is 0 Å². The van der Waals surface area contributed by atoms with E-state index in [4.69, 9.17) is 9.72 Å². The molecule has 2 atom stereocenters. The Bertz CT molecular complexity index is 1170. The minimum atomic E-state index is -0.490. The number of hydrogen-bond donors (Lipinski definition) is 1. The molecule has 0 bridgehead atoms. The predicted octanol–water partition coefficient (Wildman–Crippen LogP) is 5.94. The van der Waals surface area contributed by atoms with E-state index in [1.54, 1.807) is 11.3 Å². The molecule has 1 N–H and O–H groups in total. The lowest BCUT2D eigenvalue weighted by Crippen LogP contribution is -2.46. The number of hydrogen-bond acceptors (Lipinski definition) is 7. The highest BCUT2D eigenvalue weighted by atomic mass is 32.1. The molecule has 2 heterocycles. The Morgan fingerprint density at radius 2 is 1.85 bits per heavy atom. The van der Waals surface area contributed by atoms with Crippen LogP contribution in [0.2, 0.25) is 0 Å². The van der Waals surface area contributed by atoms with Gasteiger partial charge in [0.2, 0.25) is 5.91 Å². The maximum Gasteiger partial charge on any atom is 0.224 e. The molecule has 8 heteroatoms. The van der Waals surface area contributed by atoms with Crippen LogP contribution in [0.25, 0.3) is 10.2 Å². The zero-order chi connectivity index (χ0) is 29.8. The van der Waals surface area contributed by atoms with Crippen LogP contribution in [0, 0.1) is 11.8 Å². The summed E-state index contributed by atoms with van der Waals surface area (Å²) in [6.07, 6.45) is 5.42. The molecule has 1 amide bonds. The maximum atomic E-state index is 13.8. The number of rotatable bonds is 18. The topological polar surface area (TPSA) is 88.6 Å². The van der Waals surface area contributed by atoms with Crippen molar-refractivity contribution >= 4 is 39.0 Å². The van der Waals surface area contributed by atoms with Crippen LogP contribution in [0.3, 0.4) is 0 Å². The van der Waals surface area contributed by atoms with Crippen LogP contribution in [-0.4, -0.2) is 66.2 Å². The van der Waals surface area contributed by atoms with Gasteiger partial charge < -0.3 is 10.1 Å². The van der Waals surface area contributed by atoms with Gasteiger partial charge in [0.05, 0.1) is 21.1 Å². The summed E-state index contributed by atoms with van der Waals surface area (Å²) in [6.45, 7) is 16.0. The molecule has 226 valence electrons. The molecular weight excluding hydrogens is 534 g/mol. The van der Waals surface area contributed by atoms with E-state index in [1.165, 1.54) is 5.56 Å². The van der Waals surface area contributed by atoms with Crippen molar-refractivity contribution in [1.29, 1.82) is 0 Å². The van der Waals surface area contributed by atoms with E-state index in [9.17, 15) is 14.4 Å². The van der Waals surface area contributed by atoms with Gasteiger partial charge in [0.15, 0.2) is 5.78 Å². The van der Waals surface area contributed by atoms with Gasteiger partial charge in [-0.05, 0) is 68.8 Å². The van der Waals surface area contributed by atoms with Crippen molar-refractivity contribution in [3.63, 3.8) is 0 Å². The number of nitrogens with zero attached hydrogens (tertiary/aromatic N) is 2. The molecule has 0 unspecified atom stereocenters. The van der Waals surface area contributed by atoms with Gasteiger partial charge in [-0.3, -0.25) is 19.3 Å². The Kier molecular flexibility index (Phi) is 13.6. The highest BCUT2D eigenvalue weighted by molar-refractivity contribution is 7.18. The second-order valence-corrected chi connectivity index (χ2v) is 12.4. The summed E-state index contributed by atoms with van der Waals surface area (Å²) in [5, 5.41) is 4.18. The smallest absolute Gasteiger partial charge is 0.224 e. The van der Waals surface area contributed by atoms with Crippen LogP contribution < -0.4 is 5.32 Å². The van der Waals surface area contributed by atoms with Gasteiger partial charge in [-0.1, -0.05) is 40.3 Å². The van der Waals surface area contributed by atoms with Gasteiger partial charge in [0.25, 0.3) is 0 Å². The fraction of sp³-hybridized carbons (Fsp3) is 0.636. The largest absolute Gasteiger partial charge is 0.381 e. The number of ether oxygens (including phenoxy) is 1. The van der Waals surface area contributed by atoms with E-state index in [2.05, 4.69) is 49.7 Å². The van der Waals surface area contributed by atoms with Gasteiger partial charge >= 0.3 is 0 Å². The number of aromatic nitrogens is 1. The number of aryl methyl sites for hydroxylation is 1. The number of amides is 1. The number of carbonyl (C=O) groups is 3. The van der Waals surface area contributed by atoms with Gasteiger partial charge in [-0.15, -0.1) is 11.3 Å². The fourth-order valence-corrected chi connectivity index (χ4v) is 6.67. The average molecular weight is 584 g/mol. The third kappa shape index (κ3) is 10.1. The number of thiazole rings is 1. The second-order valence-electron chi connectivity index (χ2n) is 11.2. The van der Waals surface area contributed by atoms with Gasteiger partial charge in [0, 0.05) is 57.1 Å². The molecule has 1 aromatic heterocycles. The van der Waals surface area contributed by atoms with Crippen LogP contribution in [-0.2, 0) is 32.0 Å². The summed E-state index contributed by atoms with van der Waals surface area (Å²) in [5.74, 6) is -0.213. The van der Waals surface area contributed by atoms with Crippen molar-refractivity contribution in [3.05, 3.63) is 40.9 Å².